The summed E-state index contributed by atoms with van der Waals surface area (Å²) in [4.78, 5) is 20.4. The highest BCUT2D eigenvalue weighted by atomic mass is 19.4. The monoisotopic (exact) mass is 396 g/mol. The van der Waals surface area contributed by atoms with E-state index in [1.165, 1.54) is 6.92 Å². The molecule has 10 heteroatoms. The van der Waals surface area contributed by atoms with Gasteiger partial charge in [0, 0.05) is 23.5 Å². The summed E-state index contributed by atoms with van der Waals surface area (Å²) in [6.45, 7) is 0.168. The van der Waals surface area contributed by atoms with Crippen molar-refractivity contribution < 1.29 is 27.5 Å². The van der Waals surface area contributed by atoms with Crippen molar-refractivity contribution >= 4 is 11.7 Å². The van der Waals surface area contributed by atoms with Gasteiger partial charge in [0.2, 0.25) is 6.10 Å². The average molecular weight is 396 g/mol. The summed E-state index contributed by atoms with van der Waals surface area (Å²) in [6, 6.07) is 10.3. The number of carbonyl (C=O) groups excluding carboxylic acids is 1. The van der Waals surface area contributed by atoms with Crippen molar-refractivity contribution in [1.29, 1.82) is 0 Å². The molecule has 0 saturated heterocycles. The number of aromatic nitrogens is 1. The highest BCUT2D eigenvalue weighted by Gasteiger charge is 2.29. The Kier molecular flexibility index (Phi) is 7.19. The lowest BCUT2D eigenvalue weighted by Crippen LogP contribution is -2.39. The van der Waals surface area contributed by atoms with Crippen LogP contribution in [-0.4, -0.2) is 35.6 Å². The number of nitrogens with zero attached hydrogens (tertiary/aromatic N) is 2. The molecule has 0 aliphatic rings. The molecule has 2 rings (SSSR count). The number of carbonyl (C=O) groups is 1. The smallest absolute Gasteiger partial charge is 0.405 e. The maximum atomic E-state index is 12.1. The molecule has 2 aromatic rings. The van der Waals surface area contributed by atoms with Gasteiger partial charge in [0.15, 0.2) is 5.84 Å². The largest absolute Gasteiger partial charge is 0.489 e. The van der Waals surface area contributed by atoms with Gasteiger partial charge < -0.3 is 20.6 Å². The zero-order chi connectivity index (χ0) is 20.6. The van der Waals surface area contributed by atoms with Crippen LogP contribution in [-0.2, 0) is 16.2 Å². The summed E-state index contributed by atoms with van der Waals surface area (Å²) >= 11 is 0. The molecule has 0 fully saturated rings. The molecular weight excluding hydrogens is 377 g/mol. The summed E-state index contributed by atoms with van der Waals surface area (Å²) in [5, 5.41) is 5.29. The Bertz CT molecular complexity index is 796. The Morgan fingerprint density at radius 2 is 2.00 bits per heavy atom. The second kappa shape index (κ2) is 9.58. The molecule has 0 bridgehead atoms. The van der Waals surface area contributed by atoms with E-state index in [9.17, 15) is 18.0 Å². The van der Waals surface area contributed by atoms with Crippen molar-refractivity contribution in [2.24, 2.45) is 10.9 Å². The molecule has 0 radical (unpaired) electrons. The van der Waals surface area contributed by atoms with E-state index in [1.54, 1.807) is 42.0 Å². The molecule has 1 atom stereocenters. The molecule has 7 nitrogen and oxygen atoms in total. The minimum absolute atomic E-state index is 0.0331. The Hall–Kier alpha value is -3.30. The summed E-state index contributed by atoms with van der Waals surface area (Å²) in [5.41, 5.74) is 7.18. The van der Waals surface area contributed by atoms with Crippen LogP contribution in [0.25, 0.3) is 0 Å². The number of oxime groups is 1. The van der Waals surface area contributed by atoms with Gasteiger partial charge in [-0.1, -0.05) is 11.2 Å². The van der Waals surface area contributed by atoms with Crippen LogP contribution in [0.1, 0.15) is 18.1 Å². The molecule has 1 heterocycles. The van der Waals surface area contributed by atoms with E-state index in [0.29, 0.717) is 17.9 Å². The maximum Gasteiger partial charge on any atom is 0.405 e. The van der Waals surface area contributed by atoms with Gasteiger partial charge >= 0.3 is 6.18 Å². The quantitative estimate of drug-likeness (QED) is 0.406. The standard InChI is InChI=1S/C18H19F3N4O3/c1-12(17(26)24-11-18(19,20)21)28-25-16(22)14-4-6-15(7-5-14)27-10-13-3-2-8-23-9-13/h2-9,12H,10-11H2,1H3,(H2,22,25)(H,24,26). The summed E-state index contributed by atoms with van der Waals surface area (Å²) in [5.74, 6) is -0.386. The molecule has 3 N–H and O–H groups in total. The second-order valence-electron chi connectivity index (χ2n) is 5.73. The number of amides is 1. The second-order valence-corrected chi connectivity index (χ2v) is 5.73. The lowest BCUT2D eigenvalue weighted by molar-refractivity contribution is -0.145. The Labute approximate surface area is 159 Å². The number of hydrogen-bond donors (Lipinski definition) is 2. The van der Waals surface area contributed by atoms with Gasteiger partial charge in [-0.15, -0.1) is 0 Å². The Morgan fingerprint density at radius 3 is 2.61 bits per heavy atom. The molecule has 0 saturated carbocycles. The van der Waals surface area contributed by atoms with Gasteiger partial charge in [0.05, 0.1) is 0 Å². The molecule has 1 amide bonds. The molecule has 0 aliphatic heterocycles. The van der Waals surface area contributed by atoms with E-state index in [1.807, 2.05) is 12.1 Å². The third-order valence-corrected chi connectivity index (χ3v) is 3.42. The maximum absolute atomic E-state index is 12.1. The van der Waals surface area contributed by atoms with Crippen molar-refractivity contribution in [3.05, 3.63) is 59.9 Å². The van der Waals surface area contributed by atoms with Crippen LogP contribution in [0.3, 0.4) is 0 Å². The first-order chi connectivity index (χ1) is 13.2. The lowest BCUT2D eigenvalue weighted by Gasteiger charge is -2.12. The topological polar surface area (TPSA) is 98.8 Å². The van der Waals surface area contributed by atoms with Gasteiger partial charge in [-0.05, 0) is 37.3 Å². The number of nitrogens with one attached hydrogen (secondary N) is 1. The van der Waals surface area contributed by atoms with Crippen molar-refractivity contribution in [2.45, 2.75) is 25.8 Å². The van der Waals surface area contributed by atoms with E-state index < -0.39 is 24.7 Å². The first-order valence-corrected chi connectivity index (χ1v) is 8.20. The first-order valence-electron chi connectivity index (χ1n) is 8.20. The molecule has 28 heavy (non-hydrogen) atoms. The van der Waals surface area contributed by atoms with Gasteiger partial charge in [-0.25, -0.2) is 0 Å². The highest BCUT2D eigenvalue weighted by Crippen LogP contribution is 2.14. The number of alkyl halides is 3. The number of rotatable bonds is 8. The average Bonchev–Trinajstić information content (AvgIpc) is 2.69. The van der Waals surface area contributed by atoms with E-state index in [2.05, 4.69) is 10.1 Å². The Morgan fingerprint density at radius 1 is 1.29 bits per heavy atom. The van der Waals surface area contributed by atoms with Crippen molar-refractivity contribution in [1.82, 2.24) is 10.3 Å². The number of ether oxygens (including phenoxy) is 1. The van der Waals surface area contributed by atoms with Crippen molar-refractivity contribution in [2.75, 3.05) is 6.54 Å². The predicted molar refractivity (Wildman–Crippen MR) is 95.3 cm³/mol. The van der Waals surface area contributed by atoms with Crippen LogP contribution in [0.15, 0.2) is 53.9 Å². The number of halogens is 3. The minimum atomic E-state index is -4.50. The van der Waals surface area contributed by atoms with Gasteiger partial charge in [0.1, 0.15) is 18.9 Å². The number of benzene rings is 1. The molecule has 0 aliphatic carbocycles. The zero-order valence-electron chi connectivity index (χ0n) is 14.9. The summed E-state index contributed by atoms with van der Waals surface area (Å²) in [7, 11) is 0. The summed E-state index contributed by atoms with van der Waals surface area (Å²) < 4.78 is 41.9. The number of amidine groups is 1. The fourth-order valence-electron chi connectivity index (χ4n) is 1.94. The molecular formula is C18H19F3N4O3. The molecule has 150 valence electrons. The first kappa shape index (κ1) is 21.0. The normalized spacial score (nSPS) is 12.9. The number of hydrogen-bond acceptors (Lipinski definition) is 5. The predicted octanol–water partition coefficient (Wildman–Crippen LogP) is 2.36. The van der Waals surface area contributed by atoms with Gasteiger partial charge in [0.25, 0.3) is 5.91 Å². The highest BCUT2D eigenvalue weighted by molar-refractivity contribution is 5.97. The fraction of sp³-hybridized carbons (Fsp3) is 0.278. The Balaban J connectivity index is 1.85. The molecule has 0 spiro atoms. The SMILES string of the molecule is CC(ON=C(N)c1ccc(OCc2cccnc2)cc1)C(=O)NCC(F)(F)F. The van der Waals surface area contributed by atoms with Gasteiger partial charge in [-0.3, -0.25) is 9.78 Å². The van der Waals surface area contributed by atoms with E-state index in [0.717, 1.165) is 5.56 Å². The zero-order valence-corrected chi connectivity index (χ0v) is 14.9. The van der Waals surface area contributed by atoms with Crippen LogP contribution in [0, 0.1) is 0 Å². The van der Waals surface area contributed by atoms with Gasteiger partial charge in [-0.2, -0.15) is 13.2 Å². The fourth-order valence-corrected chi connectivity index (χ4v) is 1.94. The van der Waals surface area contributed by atoms with Crippen LogP contribution < -0.4 is 15.8 Å². The number of nitrogens with two attached hydrogens (primary N) is 1. The van der Waals surface area contributed by atoms with E-state index in [-0.39, 0.29) is 5.84 Å². The lowest BCUT2D eigenvalue weighted by atomic mass is 10.2. The summed E-state index contributed by atoms with van der Waals surface area (Å²) in [6.07, 6.45) is -2.37. The number of pyridine rings is 1. The van der Waals surface area contributed by atoms with E-state index in [4.69, 9.17) is 15.3 Å². The van der Waals surface area contributed by atoms with Crippen molar-refractivity contribution in [3.63, 3.8) is 0 Å². The van der Waals surface area contributed by atoms with Crippen LogP contribution in [0.4, 0.5) is 13.2 Å². The molecule has 1 aromatic carbocycles. The minimum Gasteiger partial charge on any atom is -0.489 e. The van der Waals surface area contributed by atoms with Crippen LogP contribution in [0.2, 0.25) is 0 Å². The third kappa shape index (κ3) is 7.14. The van der Waals surface area contributed by atoms with Crippen LogP contribution in [0.5, 0.6) is 5.75 Å². The van der Waals surface area contributed by atoms with Crippen LogP contribution >= 0.6 is 0 Å². The van der Waals surface area contributed by atoms with Crippen molar-refractivity contribution in [3.8, 4) is 5.75 Å². The molecule has 1 aromatic heterocycles. The van der Waals surface area contributed by atoms with E-state index >= 15 is 0 Å². The molecule has 1 unspecified atom stereocenters. The third-order valence-electron chi connectivity index (χ3n) is 3.42.